The van der Waals surface area contributed by atoms with Crippen LogP contribution in [0.2, 0.25) is 0 Å². The average Bonchev–Trinajstić information content (AvgIpc) is 2.59. The first-order chi connectivity index (χ1) is 12.4. The van der Waals surface area contributed by atoms with Crippen LogP contribution in [-0.2, 0) is 19.1 Å². The molecule has 0 bridgehead atoms. The maximum atomic E-state index is 11.5. The first-order valence-corrected chi connectivity index (χ1v) is 11.2. The molecule has 150 valence electrons. The van der Waals surface area contributed by atoms with E-state index < -0.39 is 0 Å². The van der Waals surface area contributed by atoms with Gasteiger partial charge in [0.1, 0.15) is 12.0 Å². The molecule has 0 aliphatic rings. The summed E-state index contributed by atoms with van der Waals surface area (Å²) in [6.07, 6.45) is 0.779. The Bertz CT molecular complexity index is 462. The second-order valence-electron chi connectivity index (χ2n) is 6.07. The number of hydrogen-bond donors (Lipinski definition) is 2. The highest BCUT2D eigenvalue weighted by Crippen LogP contribution is 2.31. The number of amides is 2. The highest BCUT2D eigenvalue weighted by atomic mass is 33.1. The molecule has 0 spiro atoms. The monoisotopic (exact) mass is 404 g/mol. The summed E-state index contributed by atoms with van der Waals surface area (Å²) in [5.41, 5.74) is -0.00213. The van der Waals surface area contributed by atoms with E-state index in [1.165, 1.54) is 0 Å². The van der Waals surface area contributed by atoms with Crippen molar-refractivity contribution in [1.29, 1.82) is 0 Å². The lowest BCUT2D eigenvalue weighted by Crippen LogP contribution is -2.29. The van der Waals surface area contributed by atoms with Gasteiger partial charge in [-0.3, -0.25) is 9.59 Å². The van der Waals surface area contributed by atoms with E-state index in [1.54, 1.807) is 21.6 Å². The fourth-order valence-corrected chi connectivity index (χ4v) is 3.90. The molecule has 8 heteroatoms. The SMILES string of the molecule is CCC#CCNC(=O)COCCOC(SSCNC(=O)C(C)C)C(C)C. The Hall–Kier alpha value is -0.880. The van der Waals surface area contributed by atoms with Gasteiger partial charge < -0.3 is 20.1 Å². The quantitative estimate of drug-likeness (QED) is 0.213. The molecule has 0 aromatic carbocycles. The lowest BCUT2D eigenvalue weighted by molar-refractivity contribution is -0.126. The van der Waals surface area contributed by atoms with Crippen molar-refractivity contribution in [2.24, 2.45) is 11.8 Å². The van der Waals surface area contributed by atoms with Gasteiger partial charge in [0.25, 0.3) is 0 Å². The van der Waals surface area contributed by atoms with Gasteiger partial charge in [-0.15, -0.1) is 5.92 Å². The van der Waals surface area contributed by atoms with E-state index >= 15 is 0 Å². The van der Waals surface area contributed by atoms with Gasteiger partial charge in [-0.2, -0.15) is 0 Å². The molecule has 0 aromatic rings. The standard InChI is InChI=1S/C18H32N2O4S2/c1-6-7-8-9-19-16(21)12-23-10-11-24-18(15(4)5)26-25-13-20-17(22)14(2)3/h14-15,18H,6,9-13H2,1-5H3,(H,19,21)(H,20,22). The second kappa shape index (κ2) is 16.3. The van der Waals surface area contributed by atoms with Crippen LogP contribution in [0.3, 0.4) is 0 Å². The Morgan fingerprint density at radius 1 is 1.08 bits per heavy atom. The van der Waals surface area contributed by atoms with E-state index in [2.05, 4.69) is 36.3 Å². The first kappa shape index (κ1) is 25.1. The van der Waals surface area contributed by atoms with E-state index in [1.807, 2.05) is 20.8 Å². The molecule has 0 fully saturated rings. The largest absolute Gasteiger partial charge is 0.369 e. The van der Waals surface area contributed by atoms with Crippen molar-refractivity contribution in [3.8, 4) is 11.8 Å². The van der Waals surface area contributed by atoms with Gasteiger partial charge >= 0.3 is 0 Å². The summed E-state index contributed by atoms with van der Waals surface area (Å²) < 4.78 is 11.1. The summed E-state index contributed by atoms with van der Waals surface area (Å²) in [4.78, 5) is 23.0. The molecular weight excluding hydrogens is 372 g/mol. The van der Waals surface area contributed by atoms with Crippen LogP contribution in [0.1, 0.15) is 41.0 Å². The summed E-state index contributed by atoms with van der Waals surface area (Å²) in [7, 11) is 3.15. The molecule has 1 atom stereocenters. The number of ether oxygens (including phenoxy) is 2. The minimum atomic E-state index is -0.179. The number of carbonyl (C=O) groups is 2. The third-order valence-corrected chi connectivity index (χ3v) is 5.55. The third-order valence-electron chi connectivity index (χ3n) is 2.96. The van der Waals surface area contributed by atoms with Gasteiger partial charge in [-0.25, -0.2) is 0 Å². The molecule has 1 unspecified atom stereocenters. The van der Waals surface area contributed by atoms with Crippen LogP contribution < -0.4 is 10.6 Å². The number of nitrogens with one attached hydrogen (secondary N) is 2. The summed E-state index contributed by atoms with van der Waals surface area (Å²) in [6, 6.07) is 0. The van der Waals surface area contributed by atoms with Gasteiger partial charge in [0.15, 0.2) is 0 Å². The second-order valence-corrected chi connectivity index (χ2v) is 8.54. The molecule has 0 radical (unpaired) electrons. The van der Waals surface area contributed by atoms with Crippen LogP contribution in [0.4, 0.5) is 0 Å². The van der Waals surface area contributed by atoms with Crippen LogP contribution in [0, 0.1) is 23.7 Å². The Morgan fingerprint density at radius 3 is 2.42 bits per heavy atom. The Labute approximate surface area is 165 Å². The van der Waals surface area contributed by atoms with Crippen LogP contribution in [0.5, 0.6) is 0 Å². The van der Waals surface area contributed by atoms with E-state index in [0.29, 0.717) is 31.6 Å². The zero-order chi connectivity index (χ0) is 19.8. The van der Waals surface area contributed by atoms with E-state index in [9.17, 15) is 9.59 Å². The van der Waals surface area contributed by atoms with Gasteiger partial charge in [0, 0.05) is 12.3 Å². The molecule has 2 N–H and O–H groups in total. The summed E-state index contributed by atoms with van der Waals surface area (Å²) in [6.45, 7) is 11.0. The van der Waals surface area contributed by atoms with Crippen LogP contribution in [0.15, 0.2) is 0 Å². The van der Waals surface area contributed by atoms with Crippen LogP contribution >= 0.6 is 21.6 Å². The molecule has 0 saturated carbocycles. The number of hydrogen-bond acceptors (Lipinski definition) is 6. The molecule has 2 amide bonds. The average molecular weight is 405 g/mol. The van der Waals surface area contributed by atoms with Crippen LogP contribution in [-0.4, -0.2) is 49.5 Å². The predicted molar refractivity (Wildman–Crippen MR) is 110 cm³/mol. The first-order valence-electron chi connectivity index (χ1n) is 8.86. The molecule has 0 saturated heterocycles. The molecule has 0 rings (SSSR count). The highest BCUT2D eigenvalue weighted by molar-refractivity contribution is 8.76. The van der Waals surface area contributed by atoms with Crippen molar-refractivity contribution in [3.05, 3.63) is 0 Å². The Balaban J connectivity index is 3.80. The minimum absolute atomic E-state index is 0.00213. The highest BCUT2D eigenvalue weighted by Gasteiger charge is 2.15. The van der Waals surface area contributed by atoms with Gasteiger partial charge in [0.05, 0.1) is 25.6 Å². The van der Waals surface area contributed by atoms with Crippen molar-refractivity contribution >= 4 is 33.4 Å². The minimum Gasteiger partial charge on any atom is -0.369 e. The molecule has 0 aromatic heterocycles. The number of carbonyl (C=O) groups excluding carboxylic acids is 2. The van der Waals surface area contributed by atoms with E-state index in [4.69, 9.17) is 9.47 Å². The fraction of sp³-hybridized carbons (Fsp3) is 0.778. The van der Waals surface area contributed by atoms with Crippen molar-refractivity contribution in [2.75, 3.05) is 32.2 Å². The van der Waals surface area contributed by atoms with E-state index in [-0.39, 0.29) is 29.8 Å². The van der Waals surface area contributed by atoms with Crippen LogP contribution in [0.25, 0.3) is 0 Å². The van der Waals surface area contributed by atoms with Gasteiger partial charge in [-0.05, 0) is 5.92 Å². The van der Waals surface area contributed by atoms with Crippen molar-refractivity contribution in [1.82, 2.24) is 10.6 Å². The van der Waals surface area contributed by atoms with Gasteiger partial charge in [0.2, 0.25) is 11.8 Å². The maximum absolute atomic E-state index is 11.5. The molecule has 6 nitrogen and oxygen atoms in total. The fourth-order valence-electron chi connectivity index (χ4n) is 1.51. The third kappa shape index (κ3) is 14.3. The predicted octanol–water partition coefficient (Wildman–Crippen LogP) is 2.64. The number of rotatable bonds is 13. The van der Waals surface area contributed by atoms with Gasteiger partial charge in [-0.1, -0.05) is 62.1 Å². The zero-order valence-electron chi connectivity index (χ0n) is 16.4. The molecule has 0 aliphatic heterocycles. The Kier molecular flexibility index (Phi) is 15.8. The molecule has 26 heavy (non-hydrogen) atoms. The normalized spacial score (nSPS) is 11.8. The summed E-state index contributed by atoms with van der Waals surface area (Å²) >= 11 is 0. The van der Waals surface area contributed by atoms with Crippen molar-refractivity contribution in [3.63, 3.8) is 0 Å². The summed E-state index contributed by atoms with van der Waals surface area (Å²) in [5.74, 6) is 6.46. The summed E-state index contributed by atoms with van der Waals surface area (Å²) in [5, 5.41) is 5.53. The topological polar surface area (TPSA) is 76.7 Å². The lowest BCUT2D eigenvalue weighted by atomic mass is 10.2. The lowest BCUT2D eigenvalue weighted by Gasteiger charge is -2.20. The zero-order valence-corrected chi connectivity index (χ0v) is 18.1. The molecule has 0 aliphatic carbocycles. The molecule has 0 heterocycles. The van der Waals surface area contributed by atoms with Crippen molar-refractivity contribution in [2.45, 2.75) is 46.5 Å². The Morgan fingerprint density at radius 2 is 1.81 bits per heavy atom. The van der Waals surface area contributed by atoms with E-state index in [0.717, 1.165) is 6.42 Å². The molecular formula is C18H32N2O4S2. The maximum Gasteiger partial charge on any atom is 0.246 e. The smallest absolute Gasteiger partial charge is 0.246 e. The van der Waals surface area contributed by atoms with Crippen molar-refractivity contribution < 1.29 is 19.1 Å².